The van der Waals surface area contributed by atoms with Crippen LogP contribution in [-0.2, 0) is 22.7 Å². The SMILES string of the molecule is Cc1ccc(-c2nnn(CC(=O)N(Cc3cccs3)[C@@H](C(=O)NC3CCCC3)c3ccncc3)n2)cc1. The van der Waals surface area contributed by atoms with Gasteiger partial charge in [-0.1, -0.05) is 48.7 Å². The van der Waals surface area contributed by atoms with Crippen molar-refractivity contribution in [3.63, 3.8) is 0 Å². The van der Waals surface area contributed by atoms with Crippen LogP contribution in [0.4, 0.5) is 0 Å². The highest BCUT2D eigenvalue weighted by molar-refractivity contribution is 7.09. The van der Waals surface area contributed by atoms with E-state index in [1.54, 1.807) is 40.8 Å². The molecule has 2 amide bonds. The summed E-state index contributed by atoms with van der Waals surface area (Å²) >= 11 is 1.55. The largest absolute Gasteiger partial charge is 0.351 e. The number of carbonyl (C=O) groups excluding carboxylic acids is 2. The van der Waals surface area contributed by atoms with E-state index in [9.17, 15) is 9.59 Å². The second kappa shape index (κ2) is 11.4. The van der Waals surface area contributed by atoms with Crippen molar-refractivity contribution < 1.29 is 9.59 Å². The summed E-state index contributed by atoms with van der Waals surface area (Å²) in [4.78, 5) is 35.5. The van der Waals surface area contributed by atoms with Crippen molar-refractivity contribution in [2.45, 2.75) is 57.8 Å². The van der Waals surface area contributed by atoms with Gasteiger partial charge in [-0.25, -0.2) is 0 Å². The number of carbonyl (C=O) groups is 2. The zero-order valence-electron chi connectivity index (χ0n) is 20.7. The molecule has 0 bridgehead atoms. The molecule has 1 saturated carbocycles. The molecule has 1 N–H and O–H groups in total. The molecule has 190 valence electrons. The molecule has 1 fully saturated rings. The second-order valence-corrected chi connectivity index (χ2v) is 10.3. The van der Waals surface area contributed by atoms with Gasteiger partial charge in [0.05, 0.1) is 6.54 Å². The van der Waals surface area contributed by atoms with Crippen molar-refractivity contribution in [1.82, 2.24) is 35.4 Å². The summed E-state index contributed by atoms with van der Waals surface area (Å²) in [5.41, 5.74) is 2.67. The molecule has 1 aliphatic rings. The van der Waals surface area contributed by atoms with E-state index in [4.69, 9.17) is 0 Å². The first-order valence-corrected chi connectivity index (χ1v) is 13.3. The normalized spacial score (nSPS) is 14.4. The zero-order chi connectivity index (χ0) is 25.6. The van der Waals surface area contributed by atoms with E-state index >= 15 is 0 Å². The Labute approximate surface area is 219 Å². The third-order valence-electron chi connectivity index (χ3n) is 6.55. The van der Waals surface area contributed by atoms with Crippen molar-refractivity contribution in [3.8, 4) is 11.4 Å². The second-order valence-electron chi connectivity index (χ2n) is 9.28. The Balaban J connectivity index is 1.43. The van der Waals surface area contributed by atoms with Crippen LogP contribution in [0.25, 0.3) is 11.4 Å². The van der Waals surface area contributed by atoms with E-state index in [-0.39, 0.29) is 24.4 Å². The van der Waals surface area contributed by atoms with Crippen molar-refractivity contribution in [3.05, 3.63) is 82.3 Å². The molecule has 1 aliphatic carbocycles. The molecule has 37 heavy (non-hydrogen) atoms. The van der Waals surface area contributed by atoms with Crippen molar-refractivity contribution >= 4 is 23.2 Å². The molecule has 0 spiro atoms. The van der Waals surface area contributed by atoms with Crippen LogP contribution in [-0.4, -0.2) is 47.9 Å². The fourth-order valence-corrected chi connectivity index (χ4v) is 5.31. The van der Waals surface area contributed by atoms with E-state index in [2.05, 4.69) is 25.7 Å². The lowest BCUT2D eigenvalue weighted by atomic mass is 10.0. The number of aromatic nitrogens is 5. The molecular formula is C27H29N7O2S. The lowest BCUT2D eigenvalue weighted by Crippen LogP contribution is -2.46. The highest BCUT2D eigenvalue weighted by Gasteiger charge is 2.34. The molecule has 5 rings (SSSR count). The van der Waals surface area contributed by atoms with Crippen LogP contribution in [0.3, 0.4) is 0 Å². The Hall–Kier alpha value is -3.92. The third-order valence-corrected chi connectivity index (χ3v) is 7.41. The molecule has 0 unspecified atom stereocenters. The van der Waals surface area contributed by atoms with Crippen LogP contribution in [0.1, 0.15) is 47.7 Å². The highest BCUT2D eigenvalue weighted by atomic mass is 32.1. The third kappa shape index (κ3) is 6.08. The number of aryl methyl sites for hydroxylation is 1. The van der Waals surface area contributed by atoms with Crippen LogP contribution in [0.2, 0.25) is 0 Å². The van der Waals surface area contributed by atoms with Gasteiger partial charge in [-0.2, -0.15) is 4.80 Å². The van der Waals surface area contributed by atoms with Gasteiger partial charge in [0.15, 0.2) is 0 Å². The van der Waals surface area contributed by atoms with Crippen LogP contribution in [0, 0.1) is 6.92 Å². The Morgan fingerprint density at radius 3 is 2.57 bits per heavy atom. The number of nitrogens with zero attached hydrogens (tertiary/aromatic N) is 6. The summed E-state index contributed by atoms with van der Waals surface area (Å²) in [6.07, 6.45) is 7.41. The van der Waals surface area contributed by atoms with Crippen molar-refractivity contribution in [2.24, 2.45) is 0 Å². The van der Waals surface area contributed by atoms with Gasteiger partial charge in [0.25, 0.3) is 0 Å². The number of benzene rings is 1. The number of hydrogen-bond acceptors (Lipinski definition) is 7. The fraction of sp³-hybridized carbons (Fsp3) is 0.333. The maximum Gasteiger partial charge on any atom is 0.247 e. The lowest BCUT2D eigenvalue weighted by molar-refractivity contribution is -0.142. The monoisotopic (exact) mass is 515 g/mol. The molecule has 3 heterocycles. The first-order valence-electron chi connectivity index (χ1n) is 12.4. The summed E-state index contributed by atoms with van der Waals surface area (Å²) in [5.74, 6) is -0.0122. The molecule has 10 heteroatoms. The first kappa shape index (κ1) is 24.8. The minimum absolute atomic E-state index is 0.129. The molecule has 4 aromatic rings. The summed E-state index contributed by atoms with van der Waals surface area (Å²) in [6.45, 7) is 2.17. The summed E-state index contributed by atoms with van der Waals surface area (Å²) < 4.78 is 0. The van der Waals surface area contributed by atoms with Crippen molar-refractivity contribution in [1.29, 1.82) is 0 Å². The average molecular weight is 516 g/mol. The van der Waals surface area contributed by atoms with E-state index in [1.807, 2.05) is 48.7 Å². The first-order chi connectivity index (χ1) is 18.1. The van der Waals surface area contributed by atoms with Gasteiger partial charge < -0.3 is 10.2 Å². The molecule has 9 nitrogen and oxygen atoms in total. The lowest BCUT2D eigenvalue weighted by Gasteiger charge is -2.31. The quantitative estimate of drug-likeness (QED) is 0.362. The maximum atomic E-state index is 13.8. The Kier molecular flexibility index (Phi) is 7.65. The smallest absolute Gasteiger partial charge is 0.247 e. The summed E-state index contributed by atoms with van der Waals surface area (Å²) in [7, 11) is 0. The average Bonchev–Trinajstić information content (AvgIpc) is 3.69. The Morgan fingerprint density at radius 1 is 1.11 bits per heavy atom. The zero-order valence-corrected chi connectivity index (χ0v) is 21.5. The molecule has 1 atom stereocenters. The van der Waals surface area contributed by atoms with Crippen LogP contribution in [0.5, 0.6) is 0 Å². The van der Waals surface area contributed by atoms with Crippen LogP contribution >= 0.6 is 11.3 Å². The fourth-order valence-electron chi connectivity index (χ4n) is 4.60. The molecule has 0 aliphatic heterocycles. The predicted octanol–water partition coefficient (Wildman–Crippen LogP) is 3.93. The van der Waals surface area contributed by atoms with Crippen LogP contribution in [0.15, 0.2) is 66.3 Å². The molecule has 0 radical (unpaired) electrons. The van der Waals surface area contributed by atoms with E-state index in [0.717, 1.165) is 41.7 Å². The van der Waals surface area contributed by atoms with E-state index in [1.165, 1.54) is 4.80 Å². The molecule has 0 saturated heterocycles. The highest BCUT2D eigenvalue weighted by Crippen LogP contribution is 2.27. The number of rotatable bonds is 9. The molecular weight excluding hydrogens is 486 g/mol. The van der Waals surface area contributed by atoms with Crippen molar-refractivity contribution in [2.75, 3.05) is 0 Å². The Bertz CT molecular complexity index is 1320. The van der Waals surface area contributed by atoms with E-state index < -0.39 is 6.04 Å². The standard InChI is InChI=1S/C27H29N7O2S/c1-19-8-10-21(11-9-19)26-30-32-34(31-26)18-24(35)33(17-23-7-4-16-37-23)25(20-12-14-28-15-13-20)27(36)29-22-5-2-3-6-22/h4,7-16,22,25H,2-3,5-6,17-18H2,1H3,(H,29,36)/t25-/m1/s1. The number of amides is 2. The maximum absolute atomic E-state index is 13.8. The number of pyridine rings is 1. The minimum Gasteiger partial charge on any atom is -0.351 e. The summed E-state index contributed by atoms with van der Waals surface area (Å²) in [6, 6.07) is 14.6. The van der Waals surface area contributed by atoms with Gasteiger partial charge in [-0.15, -0.1) is 21.5 Å². The topological polar surface area (TPSA) is 106 Å². The number of nitrogens with one attached hydrogen (secondary N) is 1. The van der Waals surface area contributed by atoms with Gasteiger partial charge in [0.1, 0.15) is 12.6 Å². The van der Waals surface area contributed by atoms with Gasteiger partial charge >= 0.3 is 0 Å². The predicted molar refractivity (Wildman–Crippen MR) is 140 cm³/mol. The van der Waals surface area contributed by atoms with Gasteiger partial charge in [0, 0.05) is 28.9 Å². The van der Waals surface area contributed by atoms with Gasteiger partial charge in [0.2, 0.25) is 17.6 Å². The van der Waals surface area contributed by atoms with Gasteiger partial charge in [-0.05, 0) is 54.1 Å². The number of hydrogen-bond donors (Lipinski definition) is 1. The Morgan fingerprint density at radius 2 is 1.86 bits per heavy atom. The molecule has 1 aromatic carbocycles. The van der Waals surface area contributed by atoms with E-state index in [0.29, 0.717) is 17.9 Å². The minimum atomic E-state index is -0.807. The molecule has 3 aromatic heterocycles. The summed E-state index contributed by atoms with van der Waals surface area (Å²) in [5, 5.41) is 17.8. The number of thiophene rings is 1. The van der Waals surface area contributed by atoms with Crippen LogP contribution < -0.4 is 5.32 Å². The van der Waals surface area contributed by atoms with Gasteiger partial charge in [-0.3, -0.25) is 14.6 Å². The number of tetrazole rings is 1.